The Morgan fingerprint density at radius 3 is 2.76 bits per heavy atom. The predicted octanol–water partition coefficient (Wildman–Crippen LogP) is 1.94. The number of benzene rings is 1. The smallest absolute Gasteiger partial charge is 0.274 e. The van der Waals surface area contributed by atoms with Gasteiger partial charge in [0.25, 0.3) is 5.91 Å². The summed E-state index contributed by atoms with van der Waals surface area (Å²) in [5, 5.41) is 3.45. The lowest BCUT2D eigenvalue weighted by molar-refractivity contribution is 0.0972. The Morgan fingerprint density at radius 2 is 2.14 bits per heavy atom. The van der Waals surface area contributed by atoms with Crippen LogP contribution in [0.4, 0.5) is 0 Å². The first-order chi connectivity index (χ1) is 9.92. The van der Waals surface area contributed by atoms with Crippen molar-refractivity contribution in [2.45, 2.75) is 26.9 Å². The monoisotopic (exact) mass is 288 g/mol. The maximum Gasteiger partial charge on any atom is 0.274 e. The van der Waals surface area contributed by atoms with Gasteiger partial charge in [-0.05, 0) is 38.5 Å². The number of carbonyl (C=O) groups excluding carboxylic acids is 1. The maximum atomic E-state index is 12.1. The number of hydrogen-bond acceptors (Lipinski definition) is 3. The number of aromatic amines is 1. The van der Waals surface area contributed by atoms with Gasteiger partial charge in [0.05, 0.1) is 11.6 Å². The fraction of sp³-hybridized carbons (Fsp3) is 0.333. The molecule has 1 amide bonds. The molecule has 0 saturated carbocycles. The number of nitrogens with zero attached hydrogens (tertiary/aromatic N) is 1. The highest BCUT2D eigenvalue weighted by atomic mass is 16.5. The summed E-state index contributed by atoms with van der Waals surface area (Å²) in [4.78, 5) is 18.9. The maximum absolute atomic E-state index is 12.1. The third-order valence-corrected chi connectivity index (χ3v) is 3.06. The summed E-state index contributed by atoms with van der Waals surface area (Å²) in [6.07, 6.45) is 0.0550. The molecule has 0 aliphatic heterocycles. The van der Waals surface area contributed by atoms with Gasteiger partial charge in [-0.2, -0.15) is 0 Å². The number of aryl methyl sites for hydroxylation is 1. The number of hydrogen-bond donors (Lipinski definition) is 3. The highest BCUT2D eigenvalue weighted by molar-refractivity contribution is 6.07. The number of rotatable bonds is 3. The Morgan fingerprint density at radius 1 is 1.43 bits per heavy atom. The number of aromatic nitrogens is 1. The SMILES string of the molecule is CN=C(N)NC(=O)c1cc2c(C)ccc(OC(C)C)c2[nH]1. The first-order valence-electron chi connectivity index (χ1n) is 6.75. The minimum Gasteiger partial charge on any atom is -0.489 e. The van der Waals surface area contributed by atoms with E-state index in [4.69, 9.17) is 10.5 Å². The second-order valence-corrected chi connectivity index (χ2v) is 5.08. The summed E-state index contributed by atoms with van der Waals surface area (Å²) >= 11 is 0. The van der Waals surface area contributed by atoms with Gasteiger partial charge in [-0.15, -0.1) is 0 Å². The van der Waals surface area contributed by atoms with Crippen molar-refractivity contribution < 1.29 is 9.53 Å². The van der Waals surface area contributed by atoms with E-state index >= 15 is 0 Å². The number of carbonyl (C=O) groups is 1. The summed E-state index contributed by atoms with van der Waals surface area (Å²) in [5.74, 6) is 0.472. The van der Waals surface area contributed by atoms with Gasteiger partial charge in [0.2, 0.25) is 0 Å². The van der Waals surface area contributed by atoms with Crippen molar-refractivity contribution in [1.82, 2.24) is 10.3 Å². The summed E-state index contributed by atoms with van der Waals surface area (Å²) in [6.45, 7) is 5.90. The molecule has 0 aliphatic carbocycles. The Hall–Kier alpha value is -2.50. The largest absolute Gasteiger partial charge is 0.489 e. The van der Waals surface area contributed by atoms with Gasteiger partial charge >= 0.3 is 0 Å². The fourth-order valence-corrected chi connectivity index (χ4v) is 2.05. The summed E-state index contributed by atoms with van der Waals surface area (Å²) in [6, 6.07) is 5.66. The zero-order chi connectivity index (χ0) is 15.6. The van der Waals surface area contributed by atoms with E-state index in [0.717, 1.165) is 22.2 Å². The van der Waals surface area contributed by atoms with E-state index in [-0.39, 0.29) is 18.0 Å². The molecule has 0 aliphatic rings. The fourth-order valence-electron chi connectivity index (χ4n) is 2.05. The van der Waals surface area contributed by atoms with Crippen LogP contribution < -0.4 is 15.8 Å². The van der Waals surface area contributed by atoms with Crippen LogP contribution in [0.2, 0.25) is 0 Å². The average Bonchev–Trinajstić information content (AvgIpc) is 2.87. The first kappa shape index (κ1) is 14.9. The minimum absolute atomic E-state index is 0.0550. The lowest BCUT2D eigenvalue weighted by Crippen LogP contribution is -2.36. The normalized spacial score (nSPS) is 12.0. The number of ether oxygens (including phenoxy) is 1. The number of nitrogens with one attached hydrogen (secondary N) is 2. The van der Waals surface area contributed by atoms with E-state index in [2.05, 4.69) is 15.3 Å². The quantitative estimate of drug-likeness (QED) is 0.595. The van der Waals surface area contributed by atoms with Crippen LogP contribution in [0.1, 0.15) is 29.9 Å². The van der Waals surface area contributed by atoms with Crippen LogP contribution in [-0.2, 0) is 0 Å². The van der Waals surface area contributed by atoms with Crippen molar-refractivity contribution in [2.24, 2.45) is 10.7 Å². The molecular weight excluding hydrogens is 268 g/mol. The van der Waals surface area contributed by atoms with E-state index in [0.29, 0.717) is 5.69 Å². The van der Waals surface area contributed by atoms with Gasteiger partial charge in [0.1, 0.15) is 11.4 Å². The van der Waals surface area contributed by atoms with E-state index in [1.54, 1.807) is 6.07 Å². The molecular formula is C15H20N4O2. The van der Waals surface area contributed by atoms with Crippen LogP contribution in [0, 0.1) is 6.92 Å². The summed E-state index contributed by atoms with van der Waals surface area (Å²) in [5.41, 5.74) is 7.80. The Balaban J connectivity index is 2.44. The molecule has 4 N–H and O–H groups in total. The summed E-state index contributed by atoms with van der Waals surface area (Å²) < 4.78 is 5.77. The molecule has 6 nitrogen and oxygen atoms in total. The molecule has 112 valence electrons. The highest BCUT2D eigenvalue weighted by Gasteiger charge is 2.15. The topological polar surface area (TPSA) is 92.5 Å². The predicted molar refractivity (Wildman–Crippen MR) is 83.8 cm³/mol. The average molecular weight is 288 g/mol. The van der Waals surface area contributed by atoms with E-state index < -0.39 is 0 Å². The molecule has 1 aromatic carbocycles. The van der Waals surface area contributed by atoms with Gasteiger partial charge in [-0.25, -0.2) is 0 Å². The molecule has 21 heavy (non-hydrogen) atoms. The van der Waals surface area contributed by atoms with Gasteiger partial charge in [0.15, 0.2) is 5.96 Å². The Bertz CT molecular complexity index is 701. The second-order valence-electron chi connectivity index (χ2n) is 5.08. The van der Waals surface area contributed by atoms with Crippen LogP contribution in [0.15, 0.2) is 23.2 Å². The van der Waals surface area contributed by atoms with E-state index in [1.165, 1.54) is 7.05 Å². The number of amides is 1. The van der Waals surface area contributed by atoms with Crippen molar-refractivity contribution in [3.63, 3.8) is 0 Å². The number of nitrogens with two attached hydrogens (primary N) is 1. The molecule has 0 bridgehead atoms. The van der Waals surface area contributed by atoms with Gasteiger partial charge in [-0.3, -0.25) is 15.1 Å². The standard InChI is InChI=1S/C15H20N4O2/c1-8(2)21-12-6-5-9(3)10-7-11(18-13(10)12)14(20)19-15(16)17-4/h5-8,18H,1-4H3,(H3,16,17,19,20). The highest BCUT2D eigenvalue weighted by Crippen LogP contribution is 2.29. The molecule has 2 aromatic rings. The molecule has 0 radical (unpaired) electrons. The Labute approximate surface area is 123 Å². The molecule has 0 atom stereocenters. The van der Waals surface area contributed by atoms with Crippen molar-refractivity contribution in [3.05, 3.63) is 29.5 Å². The van der Waals surface area contributed by atoms with Gasteiger partial charge < -0.3 is 15.5 Å². The van der Waals surface area contributed by atoms with Crippen LogP contribution >= 0.6 is 0 Å². The first-order valence-corrected chi connectivity index (χ1v) is 6.75. The van der Waals surface area contributed by atoms with Crippen LogP contribution in [0.25, 0.3) is 10.9 Å². The molecule has 1 aromatic heterocycles. The molecule has 6 heteroatoms. The third-order valence-electron chi connectivity index (χ3n) is 3.06. The molecule has 0 unspecified atom stereocenters. The molecule has 1 heterocycles. The number of fused-ring (bicyclic) bond motifs is 1. The molecule has 0 spiro atoms. The van der Waals surface area contributed by atoms with Crippen LogP contribution in [-0.4, -0.2) is 30.0 Å². The number of H-pyrrole nitrogens is 1. The zero-order valence-electron chi connectivity index (χ0n) is 12.7. The molecule has 0 saturated heterocycles. The number of guanidine groups is 1. The van der Waals surface area contributed by atoms with Gasteiger partial charge in [-0.1, -0.05) is 6.07 Å². The second kappa shape index (κ2) is 5.87. The van der Waals surface area contributed by atoms with Gasteiger partial charge in [0, 0.05) is 12.4 Å². The lowest BCUT2D eigenvalue weighted by Gasteiger charge is -2.11. The molecule has 2 rings (SSSR count). The van der Waals surface area contributed by atoms with Crippen LogP contribution in [0.5, 0.6) is 5.75 Å². The van der Waals surface area contributed by atoms with Crippen molar-refractivity contribution in [1.29, 1.82) is 0 Å². The van der Waals surface area contributed by atoms with Crippen molar-refractivity contribution in [3.8, 4) is 5.75 Å². The lowest BCUT2D eigenvalue weighted by atomic mass is 10.1. The van der Waals surface area contributed by atoms with Crippen molar-refractivity contribution in [2.75, 3.05) is 7.05 Å². The van der Waals surface area contributed by atoms with E-state index in [9.17, 15) is 4.79 Å². The third kappa shape index (κ3) is 3.16. The minimum atomic E-state index is -0.329. The number of aliphatic imine (C=N–C) groups is 1. The Kier molecular flexibility index (Phi) is 4.16. The summed E-state index contributed by atoms with van der Waals surface area (Å²) in [7, 11) is 1.51. The van der Waals surface area contributed by atoms with Crippen LogP contribution in [0.3, 0.4) is 0 Å². The van der Waals surface area contributed by atoms with Crippen molar-refractivity contribution >= 4 is 22.8 Å². The zero-order valence-corrected chi connectivity index (χ0v) is 12.7. The molecule has 0 fully saturated rings. The van der Waals surface area contributed by atoms with E-state index in [1.807, 2.05) is 32.9 Å².